The fourth-order valence-corrected chi connectivity index (χ4v) is 2.29. The molecule has 0 unspecified atom stereocenters. The highest BCUT2D eigenvalue weighted by Crippen LogP contribution is 2.22. The van der Waals surface area contributed by atoms with E-state index < -0.39 is 0 Å². The summed E-state index contributed by atoms with van der Waals surface area (Å²) in [6.07, 6.45) is 4.30. The predicted octanol–water partition coefficient (Wildman–Crippen LogP) is 1.40. The summed E-state index contributed by atoms with van der Waals surface area (Å²) in [6.45, 7) is 1.58. The van der Waals surface area contributed by atoms with Gasteiger partial charge in [0.1, 0.15) is 0 Å². The van der Waals surface area contributed by atoms with Crippen molar-refractivity contribution in [2.45, 2.75) is 32.2 Å². The van der Waals surface area contributed by atoms with Gasteiger partial charge in [-0.1, -0.05) is 18.2 Å². The molecule has 3 nitrogen and oxygen atoms in total. The first kappa shape index (κ1) is 12.1. The second kappa shape index (κ2) is 5.82. The van der Waals surface area contributed by atoms with Crippen molar-refractivity contribution in [2.24, 2.45) is 0 Å². The first-order valence-electron chi connectivity index (χ1n) is 6.31. The Labute approximate surface area is 103 Å². The van der Waals surface area contributed by atoms with E-state index in [1.54, 1.807) is 7.05 Å². The van der Waals surface area contributed by atoms with Gasteiger partial charge >= 0.3 is 0 Å². The van der Waals surface area contributed by atoms with Crippen molar-refractivity contribution < 1.29 is 4.79 Å². The van der Waals surface area contributed by atoms with Crippen molar-refractivity contribution in [1.82, 2.24) is 10.6 Å². The number of benzene rings is 1. The molecular formula is C14H20N2O. The molecule has 0 heterocycles. The standard InChI is InChI=1S/C14H20N2O/c1-15-14(17)7-8-16-10-11-5-6-12-3-2-4-13(12)9-11/h5-6,9,16H,2-4,7-8,10H2,1H3,(H,15,17). The molecule has 1 aliphatic rings. The maximum absolute atomic E-state index is 11.0. The molecule has 1 aromatic rings. The van der Waals surface area contributed by atoms with Gasteiger partial charge in [0.05, 0.1) is 0 Å². The summed E-state index contributed by atoms with van der Waals surface area (Å²) < 4.78 is 0. The minimum absolute atomic E-state index is 0.0893. The van der Waals surface area contributed by atoms with Crippen LogP contribution in [0.4, 0.5) is 0 Å². The number of carbonyl (C=O) groups excluding carboxylic acids is 1. The van der Waals surface area contributed by atoms with E-state index in [2.05, 4.69) is 28.8 Å². The van der Waals surface area contributed by atoms with Crippen LogP contribution in [0.2, 0.25) is 0 Å². The van der Waals surface area contributed by atoms with Crippen LogP contribution in [0.25, 0.3) is 0 Å². The lowest BCUT2D eigenvalue weighted by Gasteiger charge is -2.06. The van der Waals surface area contributed by atoms with E-state index in [-0.39, 0.29) is 5.91 Å². The van der Waals surface area contributed by atoms with E-state index in [0.717, 1.165) is 13.1 Å². The minimum atomic E-state index is 0.0893. The first-order chi connectivity index (χ1) is 8.29. The van der Waals surface area contributed by atoms with Gasteiger partial charge in [-0.05, 0) is 36.0 Å². The summed E-state index contributed by atoms with van der Waals surface area (Å²) in [5.74, 6) is 0.0893. The van der Waals surface area contributed by atoms with Gasteiger partial charge in [0.15, 0.2) is 0 Å². The van der Waals surface area contributed by atoms with Gasteiger partial charge < -0.3 is 10.6 Å². The van der Waals surface area contributed by atoms with Gasteiger partial charge in [0.2, 0.25) is 5.91 Å². The molecule has 0 saturated heterocycles. The lowest BCUT2D eigenvalue weighted by atomic mass is 10.1. The van der Waals surface area contributed by atoms with Crippen LogP contribution in [-0.2, 0) is 24.2 Å². The Morgan fingerprint density at radius 3 is 2.94 bits per heavy atom. The maximum atomic E-state index is 11.0. The number of amides is 1. The van der Waals surface area contributed by atoms with Crippen molar-refractivity contribution in [3.8, 4) is 0 Å². The molecule has 2 rings (SSSR count). The minimum Gasteiger partial charge on any atom is -0.359 e. The summed E-state index contributed by atoms with van der Waals surface area (Å²) in [7, 11) is 1.67. The summed E-state index contributed by atoms with van der Waals surface area (Å²) in [5, 5.41) is 5.92. The van der Waals surface area contributed by atoms with E-state index >= 15 is 0 Å². The van der Waals surface area contributed by atoms with Gasteiger partial charge in [-0.25, -0.2) is 0 Å². The fourth-order valence-electron chi connectivity index (χ4n) is 2.29. The van der Waals surface area contributed by atoms with Crippen LogP contribution in [0.3, 0.4) is 0 Å². The lowest BCUT2D eigenvalue weighted by Crippen LogP contribution is -2.24. The normalized spacial score (nSPS) is 13.5. The van der Waals surface area contributed by atoms with Crippen LogP contribution >= 0.6 is 0 Å². The molecule has 0 atom stereocenters. The second-order valence-corrected chi connectivity index (χ2v) is 4.56. The smallest absolute Gasteiger partial charge is 0.221 e. The van der Waals surface area contributed by atoms with E-state index in [4.69, 9.17) is 0 Å². The van der Waals surface area contributed by atoms with Crippen molar-refractivity contribution in [3.63, 3.8) is 0 Å². The number of carbonyl (C=O) groups is 1. The molecule has 1 aromatic carbocycles. The monoisotopic (exact) mass is 232 g/mol. The third kappa shape index (κ3) is 3.30. The van der Waals surface area contributed by atoms with E-state index in [1.165, 1.54) is 36.0 Å². The van der Waals surface area contributed by atoms with E-state index in [9.17, 15) is 4.79 Å². The average molecular weight is 232 g/mol. The van der Waals surface area contributed by atoms with Gasteiger partial charge in [-0.2, -0.15) is 0 Å². The van der Waals surface area contributed by atoms with Gasteiger partial charge in [-0.3, -0.25) is 4.79 Å². The molecule has 0 fully saturated rings. The number of nitrogens with one attached hydrogen (secondary N) is 2. The van der Waals surface area contributed by atoms with E-state index in [0.29, 0.717) is 6.42 Å². The molecule has 0 spiro atoms. The quantitative estimate of drug-likeness (QED) is 0.753. The zero-order valence-electron chi connectivity index (χ0n) is 10.4. The van der Waals surface area contributed by atoms with Crippen LogP contribution < -0.4 is 10.6 Å². The first-order valence-corrected chi connectivity index (χ1v) is 6.31. The molecule has 0 aliphatic heterocycles. The van der Waals surface area contributed by atoms with Crippen molar-refractivity contribution in [2.75, 3.05) is 13.6 Å². The van der Waals surface area contributed by atoms with E-state index in [1.807, 2.05) is 0 Å². The summed E-state index contributed by atoms with van der Waals surface area (Å²) >= 11 is 0. The molecule has 1 amide bonds. The molecule has 17 heavy (non-hydrogen) atoms. The summed E-state index contributed by atoms with van der Waals surface area (Å²) in [5.41, 5.74) is 4.34. The van der Waals surface area contributed by atoms with Crippen molar-refractivity contribution in [3.05, 3.63) is 34.9 Å². The molecule has 2 N–H and O–H groups in total. The predicted molar refractivity (Wildman–Crippen MR) is 68.9 cm³/mol. The zero-order chi connectivity index (χ0) is 12.1. The average Bonchev–Trinajstić information content (AvgIpc) is 2.81. The summed E-state index contributed by atoms with van der Waals surface area (Å²) in [4.78, 5) is 11.0. The topological polar surface area (TPSA) is 41.1 Å². The summed E-state index contributed by atoms with van der Waals surface area (Å²) in [6, 6.07) is 6.74. The maximum Gasteiger partial charge on any atom is 0.221 e. The molecule has 1 aliphatic carbocycles. The highest BCUT2D eigenvalue weighted by Gasteiger charge is 2.10. The highest BCUT2D eigenvalue weighted by molar-refractivity contribution is 5.75. The number of hydrogen-bond acceptors (Lipinski definition) is 2. The second-order valence-electron chi connectivity index (χ2n) is 4.56. The molecule has 92 valence electrons. The largest absolute Gasteiger partial charge is 0.359 e. The van der Waals surface area contributed by atoms with Crippen LogP contribution in [-0.4, -0.2) is 19.5 Å². The molecular weight excluding hydrogens is 212 g/mol. The van der Waals surface area contributed by atoms with Crippen molar-refractivity contribution >= 4 is 5.91 Å². The molecule has 0 aromatic heterocycles. The van der Waals surface area contributed by atoms with Crippen molar-refractivity contribution in [1.29, 1.82) is 0 Å². The Bertz CT molecular complexity index is 401. The van der Waals surface area contributed by atoms with Crippen LogP contribution in [0.5, 0.6) is 0 Å². The molecule has 0 bridgehead atoms. The fraction of sp³-hybridized carbons (Fsp3) is 0.500. The molecule has 3 heteroatoms. The highest BCUT2D eigenvalue weighted by atomic mass is 16.1. The lowest BCUT2D eigenvalue weighted by molar-refractivity contribution is -0.120. The molecule has 0 saturated carbocycles. The third-order valence-electron chi connectivity index (χ3n) is 3.30. The molecule has 0 radical (unpaired) electrons. The number of rotatable bonds is 5. The van der Waals surface area contributed by atoms with Crippen LogP contribution in [0, 0.1) is 0 Å². The number of fused-ring (bicyclic) bond motifs is 1. The van der Waals surface area contributed by atoms with Crippen LogP contribution in [0.15, 0.2) is 18.2 Å². The van der Waals surface area contributed by atoms with Gasteiger partial charge in [0, 0.05) is 26.6 Å². The van der Waals surface area contributed by atoms with Gasteiger partial charge in [0.25, 0.3) is 0 Å². The number of aryl methyl sites for hydroxylation is 2. The Hall–Kier alpha value is -1.35. The van der Waals surface area contributed by atoms with Crippen LogP contribution in [0.1, 0.15) is 29.5 Å². The Kier molecular flexibility index (Phi) is 4.15. The SMILES string of the molecule is CNC(=O)CCNCc1ccc2c(c1)CCC2. The van der Waals surface area contributed by atoms with Gasteiger partial charge in [-0.15, -0.1) is 0 Å². The number of hydrogen-bond donors (Lipinski definition) is 2. The Morgan fingerprint density at radius 1 is 1.29 bits per heavy atom. The Morgan fingerprint density at radius 2 is 2.12 bits per heavy atom. The Balaban J connectivity index is 1.78. The zero-order valence-corrected chi connectivity index (χ0v) is 10.4. The third-order valence-corrected chi connectivity index (χ3v) is 3.30.